The first-order valence-corrected chi connectivity index (χ1v) is 19.6. The van der Waals surface area contributed by atoms with Gasteiger partial charge in [0, 0.05) is 16.8 Å². The van der Waals surface area contributed by atoms with Crippen LogP contribution in [0.1, 0.15) is 33.6 Å². The monoisotopic (exact) mass is 712 g/mol. The molecule has 0 fully saturated rings. The van der Waals surface area contributed by atoms with Crippen molar-refractivity contribution in [3.05, 3.63) is 216 Å². The second-order valence-electron chi connectivity index (χ2n) is 15.4. The Balaban J connectivity index is 1.18. The molecular formula is C54H36N2. The Kier molecular flexibility index (Phi) is 6.43. The third-order valence-corrected chi connectivity index (χ3v) is 12.7. The van der Waals surface area contributed by atoms with Crippen molar-refractivity contribution in [2.45, 2.75) is 19.3 Å². The Morgan fingerprint density at radius 3 is 1.59 bits per heavy atom. The van der Waals surface area contributed by atoms with E-state index in [1.54, 1.807) is 0 Å². The quantitative estimate of drug-likeness (QED) is 0.167. The van der Waals surface area contributed by atoms with E-state index in [-0.39, 0.29) is 0 Å². The number of rotatable bonds is 3. The Hall–Kier alpha value is -7.03. The van der Waals surface area contributed by atoms with E-state index in [4.69, 9.17) is 5.10 Å². The van der Waals surface area contributed by atoms with Crippen LogP contribution in [-0.4, -0.2) is 9.78 Å². The molecule has 0 radical (unpaired) electrons. The zero-order valence-corrected chi connectivity index (χ0v) is 31.2. The highest BCUT2D eigenvalue weighted by molar-refractivity contribution is 6.22. The van der Waals surface area contributed by atoms with Crippen molar-refractivity contribution >= 4 is 32.3 Å². The van der Waals surface area contributed by atoms with Crippen molar-refractivity contribution in [3.8, 4) is 50.2 Å². The number of aryl methyl sites for hydroxylation is 1. The molecule has 0 unspecified atom stereocenters. The van der Waals surface area contributed by atoms with Gasteiger partial charge in [-0.25, -0.2) is 4.68 Å². The minimum atomic E-state index is -0.458. The van der Waals surface area contributed by atoms with Crippen molar-refractivity contribution in [1.82, 2.24) is 9.78 Å². The van der Waals surface area contributed by atoms with Crippen LogP contribution in [-0.2, 0) is 5.41 Å². The van der Waals surface area contributed by atoms with Crippen LogP contribution in [0.3, 0.4) is 0 Å². The highest BCUT2D eigenvalue weighted by Gasteiger charge is 2.52. The number of nitrogens with zero attached hydrogens (tertiary/aromatic N) is 2. The summed E-state index contributed by atoms with van der Waals surface area (Å²) >= 11 is 0. The van der Waals surface area contributed by atoms with Gasteiger partial charge in [0.1, 0.15) is 0 Å². The van der Waals surface area contributed by atoms with Gasteiger partial charge in [0.25, 0.3) is 0 Å². The van der Waals surface area contributed by atoms with Crippen molar-refractivity contribution in [3.63, 3.8) is 0 Å². The van der Waals surface area contributed by atoms with Crippen LogP contribution in [0.2, 0.25) is 0 Å². The summed E-state index contributed by atoms with van der Waals surface area (Å²) in [6.07, 6.45) is 0. The average molecular weight is 713 g/mol. The molecule has 0 aliphatic heterocycles. The predicted molar refractivity (Wildman–Crippen MR) is 233 cm³/mol. The maximum atomic E-state index is 5.13. The van der Waals surface area contributed by atoms with E-state index in [0.29, 0.717) is 0 Å². The smallest absolute Gasteiger partial charge is 0.0731 e. The molecule has 9 aromatic carbocycles. The van der Waals surface area contributed by atoms with E-state index >= 15 is 0 Å². The molecule has 0 atom stereocenters. The van der Waals surface area contributed by atoms with Gasteiger partial charge in [-0.1, -0.05) is 164 Å². The lowest BCUT2D eigenvalue weighted by Crippen LogP contribution is -2.26. The summed E-state index contributed by atoms with van der Waals surface area (Å²) in [5.41, 5.74) is 18.5. The fourth-order valence-corrected chi connectivity index (χ4v) is 10.6. The van der Waals surface area contributed by atoms with Gasteiger partial charge in [0.05, 0.1) is 16.8 Å². The van der Waals surface area contributed by atoms with E-state index in [2.05, 4.69) is 201 Å². The molecule has 0 N–H and O–H groups in total. The number of fused-ring (bicyclic) bond motifs is 14. The van der Waals surface area contributed by atoms with E-state index in [1.165, 1.54) is 99.1 Å². The predicted octanol–water partition coefficient (Wildman–Crippen LogP) is 13.6. The normalized spacial score (nSPS) is 13.3. The summed E-state index contributed by atoms with van der Waals surface area (Å²) < 4.78 is 2.10. The molecule has 56 heavy (non-hydrogen) atoms. The van der Waals surface area contributed by atoms with E-state index < -0.39 is 5.41 Å². The zero-order valence-electron chi connectivity index (χ0n) is 31.2. The van der Waals surface area contributed by atoms with Gasteiger partial charge in [0.2, 0.25) is 0 Å². The minimum absolute atomic E-state index is 0.458. The second-order valence-corrected chi connectivity index (χ2v) is 15.4. The van der Waals surface area contributed by atoms with Gasteiger partial charge in [-0.05, 0) is 120 Å². The summed E-state index contributed by atoms with van der Waals surface area (Å²) in [5, 5.41) is 12.7. The van der Waals surface area contributed by atoms with Gasteiger partial charge in [0.15, 0.2) is 0 Å². The largest absolute Gasteiger partial charge is 0.237 e. The summed E-state index contributed by atoms with van der Waals surface area (Å²) in [7, 11) is 0. The van der Waals surface area contributed by atoms with Crippen LogP contribution >= 0.6 is 0 Å². The highest BCUT2D eigenvalue weighted by atomic mass is 15.3. The number of para-hydroxylation sites is 1. The topological polar surface area (TPSA) is 17.8 Å². The van der Waals surface area contributed by atoms with E-state index in [1.807, 2.05) is 0 Å². The highest BCUT2D eigenvalue weighted by Crippen LogP contribution is 2.64. The number of aromatic nitrogens is 2. The summed E-state index contributed by atoms with van der Waals surface area (Å²) in [5.74, 6) is 0. The van der Waals surface area contributed by atoms with Crippen molar-refractivity contribution in [2.24, 2.45) is 0 Å². The van der Waals surface area contributed by atoms with Gasteiger partial charge in [-0.3, -0.25) is 0 Å². The molecule has 1 heterocycles. The van der Waals surface area contributed by atoms with Gasteiger partial charge in [-0.15, -0.1) is 0 Å². The molecule has 12 rings (SSSR count). The Bertz CT molecular complexity index is 3170. The van der Waals surface area contributed by atoms with Crippen LogP contribution in [0.25, 0.3) is 82.5 Å². The molecule has 2 heteroatoms. The van der Waals surface area contributed by atoms with Crippen molar-refractivity contribution in [1.29, 1.82) is 0 Å². The number of hydrogen-bond acceptors (Lipinski definition) is 1. The molecule has 10 aromatic rings. The Labute approximate surface area is 326 Å². The molecule has 2 aliphatic rings. The standard InChI is InChI=1S/C54H36N2/c1-33-50(34(2)56(55-33)37-17-4-3-5-18-37)52-44-24-10-8-22-42(44)51(43-23-9-11-25-45(43)52)36-29-30-41-46-31-28-35-16-6-7-19-38(35)53(46)54(49(41)32-36)47-26-14-12-20-39(47)40-21-13-15-27-48(40)54/h3-32H,1-2H3. The molecule has 2 aliphatic carbocycles. The Morgan fingerprint density at radius 1 is 0.411 bits per heavy atom. The van der Waals surface area contributed by atoms with Crippen LogP contribution in [0.5, 0.6) is 0 Å². The van der Waals surface area contributed by atoms with Crippen molar-refractivity contribution < 1.29 is 0 Å². The third kappa shape index (κ3) is 3.98. The summed E-state index contributed by atoms with van der Waals surface area (Å²) in [6, 6.07) is 67.7. The number of hydrogen-bond donors (Lipinski definition) is 0. The molecule has 0 saturated carbocycles. The zero-order chi connectivity index (χ0) is 37.1. The Morgan fingerprint density at radius 2 is 0.929 bits per heavy atom. The lowest BCUT2D eigenvalue weighted by Gasteiger charge is -2.32. The average Bonchev–Trinajstić information content (AvgIpc) is 3.84. The molecule has 0 saturated heterocycles. The molecule has 0 bridgehead atoms. The van der Waals surface area contributed by atoms with E-state index in [9.17, 15) is 0 Å². The molecular weight excluding hydrogens is 677 g/mol. The maximum Gasteiger partial charge on any atom is 0.0731 e. The molecule has 0 amide bonds. The first-order valence-electron chi connectivity index (χ1n) is 19.6. The van der Waals surface area contributed by atoms with Gasteiger partial charge >= 0.3 is 0 Å². The van der Waals surface area contributed by atoms with Crippen LogP contribution in [0, 0.1) is 13.8 Å². The first-order chi connectivity index (χ1) is 27.6. The van der Waals surface area contributed by atoms with Crippen LogP contribution < -0.4 is 0 Å². The SMILES string of the molecule is Cc1nn(-c2ccccc2)c(C)c1-c1c2ccccc2c(-c2ccc3c(c2)C2(c4ccccc4-c4ccccc42)c2c-3ccc3ccccc23)c2ccccc12. The fourth-order valence-electron chi connectivity index (χ4n) is 10.6. The van der Waals surface area contributed by atoms with E-state index in [0.717, 1.165) is 17.1 Å². The lowest BCUT2D eigenvalue weighted by molar-refractivity contribution is 0.801. The van der Waals surface area contributed by atoms with Gasteiger partial charge in [-0.2, -0.15) is 5.10 Å². The summed E-state index contributed by atoms with van der Waals surface area (Å²) in [6.45, 7) is 4.36. The maximum absolute atomic E-state index is 5.13. The van der Waals surface area contributed by atoms with Crippen LogP contribution in [0.4, 0.5) is 0 Å². The first kappa shape index (κ1) is 31.3. The number of benzene rings is 9. The fraction of sp³-hybridized carbons (Fsp3) is 0.0556. The molecule has 2 nitrogen and oxygen atoms in total. The van der Waals surface area contributed by atoms with Crippen LogP contribution in [0.15, 0.2) is 182 Å². The minimum Gasteiger partial charge on any atom is -0.237 e. The lowest BCUT2D eigenvalue weighted by atomic mass is 9.69. The van der Waals surface area contributed by atoms with Gasteiger partial charge < -0.3 is 0 Å². The molecule has 262 valence electrons. The molecule has 1 aromatic heterocycles. The third-order valence-electron chi connectivity index (χ3n) is 12.7. The van der Waals surface area contributed by atoms with Crippen molar-refractivity contribution in [2.75, 3.05) is 0 Å². The molecule has 1 spiro atoms. The second kappa shape index (κ2) is 11.5. The summed E-state index contributed by atoms with van der Waals surface area (Å²) in [4.78, 5) is 0.